The number of carbonyl (C=O) groups is 1. The van der Waals surface area contributed by atoms with Crippen LogP contribution in [0.3, 0.4) is 0 Å². The number of carbonyl (C=O) groups excluding carboxylic acids is 1. The number of hydrogen-bond donors (Lipinski definition) is 1. The highest BCUT2D eigenvalue weighted by Gasteiger charge is 2.44. The molecule has 1 heterocycles. The van der Waals surface area contributed by atoms with Crippen LogP contribution in [0, 0.1) is 0 Å². The summed E-state index contributed by atoms with van der Waals surface area (Å²) in [7, 11) is -1.02. The molecule has 0 aromatic rings. The predicted molar refractivity (Wildman–Crippen MR) is 65.7 cm³/mol. The summed E-state index contributed by atoms with van der Waals surface area (Å²) in [5.41, 5.74) is 1.12. The van der Waals surface area contributed by atoms with Crippen LogP contribution < -0.4 is 5.32 Å². The van der Waals surface area contributed by atoms with Gasteiger partial charge in [0, 0.05) is 20.0 Å². The topological polar surface area (TPSA) is 29.1 Å². The summed E-state index contributed by atoms with van der Waals surface area (Å²) in [4.78, 5) is 11.4. The quantitative estimate of drug-likeness (QED) is 0.683. The van der Waals surface area contributed by atoms with Crippen LogP contribution in [-0.4, -0.2) is 19.5 Å². The molecule has 0 aromatic carbocycles. The molecule has 2 nitrogen and oxygen atoms in total. The Bertz CT molecular complexity index is 271. The minimum Gasteiger partial charge on any atom is -0.351 e. The smallest absolute Gasteiger partial charge is 0.220 e. The zero-order chi connectivity index (χ0) is 11.1. The molecule has 1 spiro atoms. The summed E-state index contributed by atoms with van der Waals surface area (Å²) in [6.45, 7) is 7.40. The monoisotopic (exact) mass is 225 g/mol. The Hall–Kier alpha value is -0.313. The predicted octanol–water partition coefficient (Wildman–Crippen LogP) is 2.92. The molecule has 2 rings (SSSR count). The lowest BCUT2D eigenvalue weighted by Crippen LogP contribution is -2.47. The van der Waals surface area contributed by atoms with Crippen molar-refractivity contribution in [2.24, 2.45) is 0 Å². The number of nitrogens with one attached hydrogen (secondary N) is 1. The summed E-state index contributed by atoms with van der Waals surface area (Å²) >= 11 is 0. The Balaban J connectivity index is 2.07. The molecule has 0 radical (unpaired) electrons. The van der Waals surface area contributed by atoms with E-state index in [2.05, 4.69) is 25.0 Å². The summed E-state index contributed by atoms with van der Waals surface area (Å²) in [5.74, 6) is 0.284. The van der Waals surface area contributed by atoms with Crippen molar-refractivity contribution in [3.05, 3.63) is 0 Å². The second-order valence-electron chi connectivity index (χ2n) is 6.49. The standard InChI is InChI=1S/C12H23NOSi/c1-15(2,3)10-5-4-7-12(9-10)8-6-11(14)13-12/h10H,4-9H2,1-3H3,(H,13,14)/t10-,12+/m1/s1. The minimum absolute atomic E-state index is 0.209. The van der Waals surface area contributed by atoms with Gasteiger partial charge in [0.05, 0.1) is 0 Å². The molecule has 1 amide bonds. The minimum atomic E-state index is -1.02. The van der Waals surface area contributed by atoms with Crippen molar-refractivity contribution in [3.63, 3.8) is 0 Å². The first-order valence-corrected chi connectivity index (χ1v) is 9.80. The summed E-state index contributed by atoms with van der Waals surface area (Å²) < 4.78 is 0. The number of hydrogen-bond acceptors (Lipinski definition) is 1. The van der Waals surface area contributed by atoms with Gasteiger partial charge in [0.15, 0.2) is 0 Å². The molecule has 1 saturated heterocycles. The molecule has 0 bridgehead atoms. The molecule has 0 unspecified atom stereocenters. The lowest BCUT2D eigenvalue weighted by atomic mass is 9.80. The van der Waals surface area contributed by atoms with Crippen LogP contribution in [0.5, 0.6) is 0 Å². The Morgan fingerprint density at radius 3 is 2.60 bits per heavy atom. The third-order valence-electron chi connectivity index (χ3n) is 4.30. The van der Waals surface area contributed by atoms with Crippen LogP contribution in [-0.2, 0) is 4.79 Å². The van der Waals surface area contributed by atoms with Crippen molar-refractivity contribution in [2.45, 2.75) is 69.2 Å². The Morgan fingerprint density at radius 1 is 1.33 bits per heavy atom. The largest absolute Gasteiger partial charge is 0.351 e. The molecule has 2 atom stereocenters. The van der Waals surface area contributed by atoms with Crippen molar-refractivity contribution in [1.82, 2.24) is 5.32 Å². The Kier molecular flexibility index (Phi) is 2.69. The Morgan fingerprint density at radius 2 is 2.07 bits per heavy atom. The van der Waals surface area contributed by atoms with Gasteiger partial charge >= 0.3 is 0 Å². The summed E-state index contributed by atoms with van der Waals surface area (Å²) in [5, 5.41) is 3.25. The van der Waals surface area contributed by atoms with E-state index >= 15 is 0 Å². The van der Waals surface area contributed by atoms with Gasteiger partial charge in [-0.3, -0.25) is 4.79 Å². The van der Waals surface area contributed by atoms with Crippen LogP contribution in [0.25, 0.3) is 0 Å². The van der Waals surface area contributed by atoms with Gasteiger partial charge in [0.2, 0.25) is 5.91 Å². The lowest BCUT2D eigenvalue weighted by molar-refractivity contribution is -0.120. The van der Waals surface area contributed by atoms with Gasteiger partial charge in [0.1, 0.15) is 0 Å². The summed E-state index contributed by atoms with van der Waals surface area (Å²) in [6, 6.07) is 0. The van der Waals surface area contributed by atoms with Crippen LogP contribution in [0.2, 0.25) is 25.2 Å². The van der Waals surface area contributed by atoms with E-state index in [1.807, 2.05) is 0 Å². The fraction of sp³-hybridized carbons (Fsp3) is 0.917. The van der Waals surface area contributed by atoms with Crippen LogP contribution >= 0.6 is 0 Å². The molecule has 2 fully saturated rings. The van der Waals surface area contributed by atoms with Gasteiger partial charge in [-0.1, -0.05) is 32.5 Å². The molecule has 86 valence electrons. The zero-order valence-electron chi connectivity index (χ0n) is 10.2. The molecule has 15 heavy (non-hydrogen) atoms. The molecule has 1 aliphatic carbocycles. The highest BCUT2D eigenvalue weighted by atomic mass is 28.3. The molecule has 3 heteroatoms. The van der Waals surface area contributed by atoms with Gasteiger partial charge in [-0.2, -0.15) is 0 Å². The molecule has 1 N–H and O–H groups in total. The second kappa shape index (κ2) is 3.61. The van der Waals surface area contributed by atoms with E-state index in [0.29, 0.717) is 0 Å². The van der Waals surface area contributed by atoms with E-state index in [1.54, 1.807) is 0 Å². The fourth-order valence-electron chi connectivity index (χ4n) is 3.22. The highest BCUT2D eigenvalue weighted by Crippen LogP contribution is 2.45. The van der Waals surface area contributed by atoms with Crippen LogP contribution in [0.4, 0.5) is 0 Å². The average Bonchev–Trinajstić information content (AvgIpc) is 2.46. The van der Waals surface area contributed by atoms with Crippen molar-refractivity contribution in [3.8, 4) is 0 Å². The summed E-state index contributed by atoms with van der Waals surface area (Å²) in [6.07, 6.45) is 7.04. The molecule has 1 saturated carbocycles. The van der Waals surface area contributed by atoms with Crippen LogP contribution in [0.15, 0.2) is 0 Å². The van der Waals surface area contributed by atoms with E-state index in [0.717, 1.165) is 18.4 Å². The van der Waals surface area contributed by atoms with Gasteiger partial charge in [0.25, 0.3) is 0 Å². The van der Waals surface area contributed by atoms with E-state index in [-0.39, 0.29) is 11.4 Å². The van der Waals surface area contributed by atoms with E-state index in [4.69, 9.17) is 0 Å². The fourth-order valence-corrected chi connectivity index (χ4v) is 5.29. The molecule has 0 aromatic heterocycles. The first-order valence-electron chi connectivity index (χ1n) is 6.22. The molecular formula is C12H23NOSi. The van der Waals surface area contributed by atoms with Crippen molar-refractivity contribution < 1.29 is 4.79 Å². The van der Waals surface area contributed by atoms with Crippen LogP contribution in [0.1, 0.15) is 38.5 Å². The Labute approximate surface area is 93.8 Å². The van der Waals surface area contributed by atoms with Gasteiger partial charge in [-0.25, -0.2) is 0 Å². The third-order valence-corrected chi connectivity index (χ3v) is 7.25. The maximum Gasteiger partial charge on any atom is 0.220 e. The lowest BCUT2D eigenvalue weighted by Gasteiger charge is -2.42. The third kappa shape index (κ3) is 2.27. The van der Waals surface area contributed by atoms with Gasteiger partial charge in [-0.05, 0) is 24.8 Å². The SMILES string of the molecule is C[Si](C)(C)[C@@H]1CCC[C@]2(CCC(=O)N2)C1. The zero-order valence-corrected chi connectivity index (χ0v) is 11.2. The van der Waals surface area contributed by atoms with Gasteiger partial charge in [-0.15, -0.1) is 0 Å². The first kappa shape index (κ1) is 11.2. The normalized spacial score (nSPS) is 37.0. The highest BCUT2D eigenvalue weighted by molar-refractivity contribution is 6.77. The second-order valence-corrected chi connectivity index (χ2v) is 12.0. The maximum absolute atomic E-state index is 11.4. The van der Waals surface area contributed by atoms with E-state index in [9.17, 15) is 4.79 Å². The number of rotatable bonds is 1. The average molecular weight is 225 g/mol. The van der Waals surface area contributed by atoms with Crippen molar-refractivity contribution >= 4 is 14.0 Å². The van der Waals surface area contributed by atoms with Crippen molar-refractivity contribution in [1.29, 1.82) is 0 Å². The van der Waals surface area contributed by atoms with Crippen molar-refractivity contribution in [2.75, 3.05) is 0 Å². The molecule has 2 aliphatic rings. The van der Waals surface area contributed by atoms with E-state index < -0.39 is 8.07 Å². The van der Waals surface area contributed by atoms with E-state index in [1.165, 1.54) is 25.7 Å². The van der Waals surface area contributed by atoms with Gasteiger partial charge < -0.3 is 5.32 Å². The molecular weight excluding hydrogens is 202 g/mol. The number of amides is 1. The first-order chi connectivity index (χ1) is 6.91. The molecule has 1 aliphatic heterocycles. The maximum atomic E-state index is 11.4.